The number of fused-ring (bicyclic) bond motifs is 4. The highest BCUT2D eigenvalue weighted by Gasteiger charge is 2.56. The summed E-state index contributed by atoms with van der Waals surface area (Å²) in [4.78, 5) is 14.6. The van der Waals surface area contributed by atoms with Gasteiger partial charge in [-0.1, -0.05) is 6.07 Å². The fourth-order valence-corrected chi connectivity index (χ4v) is 7.25. The zero-order valence-electron chi connectivity index (χ0n) is 31.6. The van der Waals surface area contributed by atoms with Crippen LogP contribution in [0.4, 0.5) is 0 Å². The number of methoxy groups -OCH3 is 2. The summed E-state index contributed by atoms with van der Waals surface area (Å²) < 4.78 is 117. The average molecular weight is 665 g/mol. The van der Waals surface area contributed by atoms with E-state index < -0.39 is 110 Å². The van der Waals surface area contributed by atoms with Gasteiger partial charge in [0.1, 0.15) is 24.4 Å². The SMILES string of the molecule is [2H]C([2H])([2H])Oc1cc([C@]2([2H])c3cc4c(cc3[C@@H](O[C@@H]3O[C@@H]5CO[C@@H](c6cccs6)O[C@H]5[C@H](O)[C@H]3O)[C@H]3COC(=O)[C@@]32[2H])OCO4)cc(OC([2H])([2H])[2H])c1O. The van der Waals surface area contributed by atoms with E-state index in [2.05, 4.69) is 0 Å². The number of aliphatic hydroxyl groups is 2. The molecule has 0 spiro atoms. The van der Waals surface area contributed by atoms with Gasteiger partial charge in [-0.05, 0) is 52.4 Å². The van der Waals surface area contributed by atoms with Crippen molar-refractivity contribution in [2.45, 2.75) is 49.0 Å². The second kappa shape index (κ2) is 11.6. The minimum Gasteiger partial charge on any atom is -0.502 e. The predicted octanol–water partition coefficient (Wildman–Crippen LogP) is 2.75. The fraction of sp³-hybridized carbons (Fsp3) is 0.469. The molecule has 2 aromatic carbocycles. The lowest BCUT2D eigenvalue weighted by Crippen LogP contribution is -2.62. The zero-order valence-corrected chi connectivity index (χ0v) is 24.4. The van der Waals surface area contributed by atoms with Gasteiger partial charge < -0.3 is 58.0 Å². The summed E-state index contributed by atoms with van der Waals surface area (Å²) in [5, 5.41) is 35.3. The highest BCUT2D eigenvalue weighted by molar-refractivity contribution is 7.10. The van der Waals surface area contributed by atoms with Gasteiger partial charge in [0.2, 0.25) is 12.5 Å². The van der Waals surface area contributed by atoms with Gasteiger partial charge in [0.15, 0.2) is 35.6 Å². The molecule has 5 aliphatic rings. The van der Waals surface area contributed by atoms with Gasteiger partial charge in [-0.2, -0.15) is 0 Å². The Labute approximate surface area is 278 Å². The molecular weight excluding hydrogens is 624 g/mol. The topological polar surface area (TPSA) is 161 Å². The second-order valence-corrected chi connectivity index (χ2v) is 12.2. The summed E-state index contributed by atoms with van der Waals surface area (Å²) in [6, 6.07) is 8.16. The molecule has 1 aliphatic carbocycles. The quantitative estimate of drug-likeness (QED) is 0.331. The smallest absolute Gasteiger partial charge is 0.310 e. The van der Waals surface area contributed by atoms with E-state index in [1.54, 1.807) is 6.07 Å². The minimum absolute atomic E-state index is 0.0534. The summed E-state index contributed by atoms with van der Waals surface area (Å²) in [5.41, 5.74) is -0.425. The van der Waals surface area contributed by atoms with E-state index in [-0.39, 0.29) is 36.0 Å². The molecule has 3 aromatic rings. The van der Waals surface area contributed by atoms with Crippen molar-refractivity contribution < 1.29 is 73.7 Å². The van der Waals surface area contributed by atoms with Crippen LogP contribution in [-0.2, 0) is 28.5 Å². The molecule has 244 valence electrons. The number of carbonyl (C=O) groups excluding carboxylic acids is 1. The first kappa shape index (κ1) is 22.0. The maximum Gasteiger partial charge on any atom is 0.310 e. The third kappa shape index (κ3) is 4.70. The second-order valence-electron chi connectivity index (χ2n) is 11.2. The van der Waals surface area contributed by atoms with E-state index in [1.165, 1.54) is 23.5 Å². The number of ether oxygens (including phenoxy) is 9. The molecule has 8 rings (SSSR count). The van der Waals surface area contributed by atoms with Crippen molar-refractivity contribution in [2.75, 3.05) is 34.1 Å². The first-order valence-electron chi connectivity index (χ1n) is 18.2. The molecule has 1 aromatic heterocycles. The molecule has 4 aliphatic heterocycles. The Morgan fingerprint density at radius 2 is 1.74 bits per heavy atom. The van der Waals surface area contributed by atoms with Gasteiger partial charge in [0.25, 0.3) is 0 Å². The number of carbonyl (C=O) groups is 1. The van der Waals surface area contributed by atoms with E-state index >= 15 is 0 Å². The van der Waals surface area contributed by atoms with Crippen LogP contribution in [0.25, 0.3) is 0 Å². The monoisotopic (exact) mass is 664 g/mol. The van der Waals surface area contributed by atoms with Crippen LogP contribution in [0.3, 0.4) is 0 Å². The standard InChI is InChI=1S/C32H32O13S/c1-37-19-6-13(7-20(38-2)25(19)33)23-14-8-17-18(42-12-41-17)9-15(14)28(16-10-39-30(36)24(16)23)44-32-27(35)26(34)29-21(43-32)11-40-31(45-29)22-4-3-5-46-22/h3-9,16,21,23-24,26-29,31-35H,10-12H2,1-2H3/t16-,21+,23+,24-,26+,27+,28+,29+,31+,32-/m0/s1/i1D3,2D3,23D,24D. The van der Waals surface area contributed by atoms with Crippen molar-refractivity contribution >= 4 is 17.3 Å². The van der Waals surface area contributed by atoms with Crippen molar-refractivity contribution in [3.05, 3.63) is 63.3 Å². The summed E-state index contributed by atoms with van der Waals surface area (Å²) in [6.07, 6.45) is -8.99. The molecule has 0 amide bonds. The number of hydrogen-bond acceptors (Lipinski definition) is 14. The molecule has 14 heteroatoms. The molecule has 0 unspecified atom stereocenters. The van der Waals surface area contributed by atoms with Crippen molar-refractivity contribution in [1.29, 1.82) is 0 Å². The number of phenolic OH excluding ortho intramolecular Hbond substituents is 1. The molecule has 10 atom stereocenters. The Kier molecular flexibility index (Phi) is 5.54. The van der Waals surface area contributed by atoms with Gasteiger partial charge in [0, 0.05) is 14.6 Å². The zero-order chi connectivity index (χ0) is 38.5. The van der Waals surface area contributed by atoms with Crippen LogP contribution in [0.5, 0.6) is 28.7 Å². The minimum atomic E-state index is -3.19. The molecule has 0 saturated carbocycles. The highest BCUT2D eigenvalue weighted by atomic mass is 32.1. The molecule has 5 heterocycles. The number of cyclic esters (lactones) is 1. The Balaban J connectivity index is 1.23. The lowest BCUT2D eigenvalue weighted by Gasteiger charge is -2.48. The van der Waals surface area contributed by atoms with Crippen molar-refractivity contribution in [1.82, 2.24) is 0 Å². The van der Waals surface area contributed by atoms with Crippen LogP contribution in [-0.4, -0.2) is 86.1 Å². The van der Waals surface area contributed by atoms with Gasteiger partial charge in [-0.15, -0.1) is 11.3 Å². The first-order valence-corrected chi connectivity index (χ1v) is 15.1. The number of thiophene rings is 1. The molecule has 3 saturated heterocycles. The molecule has 46 heavy (non-hydrogen) atoms. The molecule has 0 radical (unpaired) electrons. The summed E-state index contributed by atoms with van der Waals surface area (Å²) in [5.74, 6) is -10.3. The average Bonchev–Trinajstić information content (AvgIpc) is 3.87. The van der Waals surface area contributed by atoms with Crippen LogP contribution >= 0.6 is 11.3 Å². The van der Waals surface area contributed by atoms with Gasteiger partial charge in [-0.3, -0.25) is 4.79 Å². The Bertz CT molecular complexity index is 1910. The van der Waals surface area contributed by atoms with E-state index in [0.29, 0.717) is 0 Å². The number of phenols is 1. The molecule has 3 fully saturated rings. The van der Waals surface area contributed by atoms with Crippen molar-refractivity contribution in [2.24, 2.45) is 11.8 Å². The molecular formula is C32H32O13S. The van der Waals surface area contributed by atoms with Crippen LogP contribution < -0.4 is 18.9 Å². The number of aromatic hydroxyl groups is 1. The highest BCUT2D eigenvalue weighted by Crippen LogP contribution is 2.57. The maximum absolute atomic E-state index is 13.8. The van der Waals surface area contributed by atoms with Gasteiger partial charge >= 0.3 is 5.97 Å². The fourth-order valence-electron chi connectivity index (χ4n) is 6.54. The van der Waals surface area contributed by atoms with E-state index in [0.717, 1.165) is 17.0 Å². The van der Waals surface area contributed by atoms with Crippen molar-refractivity contribution in [3.8, 4) is 28.7 Å². The number of rotatable bonds is 6. The van der Waals surface area contributed by atoms with Crippen molar-refractivity contribution in [3.63, 3.8) is 0 Å². The number of esters is 1. The van der Waals surface area contributed by atoms with E-state index in [4.69, 9.17) is 50.9 Å². The number of aliphatic hydroxyl groups excluding tert-OH is 2. The van der Waals surface area contributed by atoms with Crippen LogP contribution in [0.2, 0.25) is 0 Å². The molecule has 3 N–H and O–H groups in total. The normalized spacial score (nSPS) is 40.6. The Morgan fingerprint density at radius 1 is 0.978 bits per heavy atom. The third-order valence-electron chi connectivity index (χ3n) is 8.68. The number of hydrogen-bond donors (Lipinski definition) is 3. The molecule has 0 bridgehead atoms. The number of benzene rings is 2. The van der Waals surface area contributed by atoms with Gasteiger partial charge in [0.05, 0.1) is 52.4 Å². The summed E-state index contributed by atoms with van der Waals surface area (Å²) in [7, 11) is -6.37. The first-order chi connectivity index (χ1) is 25.4. The Morgan fingerprint density at radius 3 is 2.46 bits per heavy atom. The molecule has 13 nitrogen and oxygen atoms in total. The largest absolute Gasteiger partial charge is 0.502 e. The third-order valence-corrected chi connectivity index (χ3v) is 9.57. The van der Waals surface area contributed by atoms with Crippen LogP contribution in [0, 0.1) is 11.8 Å². The van der Waals surface area contributed by atoms with E-state index in [9.17, 15) is 22.9 Å². The predicted molar refractivity (Wildman–Crippen MR) is 156 cm³/mol. The lowest BCUT2D eigenvalue weighted by atomic mass is 9.66. The van der Waals surface area contributed by atoms with E-state index in [1.807, 2.05) is 11.4 Å². The summed E-state index contributed by atoms with van der Waals surface area (Å²) >= 11 is 1.38. The van der Waals surface area contributed by atoms with Gasteiger partial charge in [-0.25, -0.2) is 0 Å². The van der Waals surface area contributed by atoms with Crippen LogP contribution in [0.15, 0.2) is 41.8 Å². The summed E-state index contributed by atoms with van der Waals surface area (Å²) in [6.45, 7) is -0.782. The Hall–Kier alpha value is -3.63. The lowest BCUT2D eigenvalue weighted by molar-refractivity contribution is -0.368. The maximum atomic E-state index is 13.8. The van der Waals surface area contributed by atoms with Crippen LogP contribution in [0.1, 0.15) is 50.8 Å².